The molecular formula is C19H27N3O3S. The van der Waals surface area contributed by atoms with Gasteiger partial charge in [-0.25, -0.2) is 0 Å². The fourth-order valence-electron chi connectivity index (χ4n) is 3.79. The molecule has 2 aliphatic rings. The number of amides is 1. The van der Waals surface area contributed by atoms with Crippen molar-refractivity contribution in [2.45, 2.75) is 19.3 Å². The van der Waals surface area contributed by atoms with E-state index < -0.39 is 10.2 Å². The van der Waals surface area contributed by atoms with E-state index in [0.717, 1.165) is 24.9 Å². The Bertz CT molecular complexity index is 766. The van der Waals surface area contributed by atoms with Crippen molar-refractivity contribution in [2.75, 3.05) is 40.3 Å². The predicted octanol–water partition coefficient (Wildman–Crippen LogP) is 1.82. The first-order valence-corrected chi connectivity index (χ1v) is 10.4. The van der Waals surface area contributed by atoms with Gasteiger partial charge in [0.15, 0.2) is 0 Å². The summed E-state index contributed by atoms with van der Waals surface area (Å²) < 4.78 is 27.3. The van der Waals surface area contributed by atoms with E-state index in [0.29, 0.717) is 26.1 Å². The SMILES string of the molecule is CN(C)S(=O)(=O)N1CCC2(CC1)CC(=O)N(CC=Cc1ccccc1)C2. The van der Waals surface area contributed by atoms with Crippen LogP contribution in [0.15, 0.2) is 36.4 Å². The van der Waals surface area contributed by atoms with E-state index in [-0.39, 0.29) is 11.3 Å². The highest BCUT2D eigenvalue weighted by Crippen LogP contribution is 2.41. The van der Waals surface area contributed by atoms with Crippen LogP contribution in [0.3, 0.4) is 0 Å². The third-order valence-electron chi connectivity index (χ3n) is 5.41. The van der Waals surface area contributed by atoms with Crippen molar-refractivity contribution in [1.82, 2.24) is 13.5 Å². The van der Waals surface area contributed by atoms with Crippen LogP contribution in [0.25, 0.3) is 6.08 Å². The standard InChI is InChI=1S/C19H27N3O3S/c1-20(2)26(24,25)22-13-10-19(11-14-22)15-18(23)21(16-19)12-6-9-17-7-4-3-5-8-17/h3-9H,10-16H2,1-2H3. The lowest BCUT2D eigenvalue weighted by Crippen LogP contribution is -2.48. The summed E-state index contributed by atoms with van der Waals surface area (Å²) in [6.07, 6.45) is 6.07. The zero-order chi connectivity index (χ0) is 18.8. The van der Waals surface area contributed by atoms with Crippen LogP contribution in [0.5, 0.6) is 0 Å². The summed E-state index contributed by atoms with van der Waals surface area (Å²) in [5.74, 6) is 0.173. The molecule has 0 bridgehead atoms. The number of carbonyl (C=O) groups excluding carboxylic acids is 1. The molecule has 7 heteroatoms. The zero-order valence-electron chi connectivity index (χ0n) is 15.5. The fraction of sp³-hybridized carbons (Fsp3) is 0.526. The second kappa shape index (κ2) is 7.50. The molecule has 0 atom stereocenters. The first-order chi connectivity index (χ1) is 12.3. The van der Waals surface area contributed by atoms with E-state index in [2.05, 4.69) is 0 Å². The first kappa shape index (κ1) is 19.1. The van der Waals surface area contributed by atoms with Crippen LogP contribution in [0, 0.1) is 5.41 Å². The third-order valence-corrected chi connectivity index (χ3v) is 7.35. The number of rotatable bonds is 5. The largest absolute Gasteiger partial charge is 0.338 e. The second-order valence-electron chi connectivity index (χ2n) is 7.45. The van der Waals surface area contributed by atoms with Crippen LogP contribution in [0.2, 0.25) is 0 Å². The molecule has 2 saturated heterocycles. The average Bonchev–Trinajstić information content (AvgIpc) is 2.91. The minimum Gasteiger partial charge on any atom is -0.338 e. The number of likely N-dealkylation sites (tertiary alicyclic amines) is 1. The number of hydrogen-bond donors (Lipinski definition) is 0. The average molecular weight is 378 g/mol. The lowest BCUT2D eigenvalue weighted by Gasteiger charge is -2.38. The Labute approximate surface area is 156 Å². The number of carbonyl (C=O) groups is 1. The number of hydrogen-bond acceptors (Lipinski definition) is 3. The van der Waals surface area contributed by atoms with Gasteiger partial charge in [0.05, 0.1) is 0 Å². The molecule has 1 aromatic rings. The molecule has 2 heterocycles. The van der Waals surface area contributed by atoms with Crippen LogP contribution in [-0.4, -0.2) is 68.1 Å². The van der Waals surface area contributed by atoms with Crippen LogP contribution >= 0.6 is 0 Å². The van der Waals surface area contributed by atoms with E-state index in [9.17, 15) is 13.2 Å². The zero-order valence-corrected chi connectivity index (χ0v) is 16.3. The minimum atomic E-state index is -3.36. The third kappa shape index (κ3) is 4.00. The van der Waals surface area contributed by atoms with Crippen molar-refractivity contribution in [2.24, 2.45) is 5.41 Å². The maximum atomic E-state index is 12.4. The Balaban J connectivity index is 1.57. The topological polar surface area (TPSA) is 60.9 Å². The van der Waals surface area contributed by atoms with Gasteiger partial charge in [0.25, 0.3) is 10.2 Å². The minimum absolute atomic E-state index is 0.0734. The quantitative estimate of drug-likeness (QED) is 0.786. The summed E-state index contributed by atoms with van der Waals surface area (Å²) in [4.78, 5) is 14.3. The van der Waals surface area contributed by atoms with Gasteiger partial charge in [-0.3, -0.25) is 4.79 Å². The molecule has 2 fully saturated rings. The van der Waals surface area contributed by atoms with E-state index in [1.54, 1.807) is 14.1 Å². The van der Waals surface area contributed by atoms with Crippen LogP contribution in [0.1, 0.15) is 24.8 Å². The maximum absolute atomic E-state index is 12.4. The highest BCUT2D eigenvalue weighted by molar-refractivity contribution is 7.86. The van der Waals surface area contributed by atoms with Crippen LogP contribution < -0.4 is 0 Å². The Hall–Kier alpha value is -1.70. The molecule has 0 N–H and O–H groups in total. The van der Waals surface area contributed by atoms with Crippen molar-refractivity contribution in [3.63, 3.8) is 0 Å². The highest BCUT2D eigenvalue weighted by Gasteiger charge is 2.46. The summed E-state index contributed by atoms with van der Waals surface area (Å²) in [5, 5.41) is 0. The van der Waals surface area contributed by atoms with Gasteiger partial charge in [0, 0.05) is 46.7 Å². The van der Waals surface area contributed by atoms with E-state index in [4.69, 9.17) is 0 Å². The summed E-state index contributed by atoms with van der Waals surface area (Å²) in [5.41, 5.74) is 1.05. The molecule has 0 radical (unpaired) electrons. The van der Waals surface area contributed by atoms with Gasteiger partial charge in [-0.2, -0.15) is 17.0 Å². The fourth-order valence-corrected chi connectivity index (χ4v) is 4.89. The lowest BCUT2D eigenvalue weighted by molar-refractivity contribution is -0.127. The van der Waals surface area contributed by atoms with Crippen molar-refractivity contribution < 1.29 is 13.2 Å². The summed E-state index contributed by atoms with van der Waals surface area (Å²) in [6.45, 7) is 2.30. The molecule has 142 valence electrons. The molecule has 0 aromatic heterocycles. The van der Waals surface area contributed by atoms with E-state index in [1.165, 1.54) is 8.61 Å². The smallest absolute Gasteiger partial charge is 0.281 e. The highest BCUT2D eigenvalue weighted by atomic mass is 32.2. The lowest BCUT2D eigenvalue weighted by atomic mass is 9.78. The second-order valence-corrected chi connectivity index (χ2v) is 9.60. The van der Waals surface area contributed by atoms with Gasteiger partial charge < -0.3 is 4.90 Å². The van der Waals surface area contributed by atoms with Crippen LogP contribution in [0.4, 0.5) is 0 Å². The Kier molecular flexibility index (Phi) is 5.50. The van der Waals surface area contributed by atoms with Gasteiger partial charge in [0.1, 0.15) is 0 Å². The Morgan fingerprint density at radius 1 is 1.15 bits per heavy atom. The molecule has 1 aromatic carbocycles. The molecule has 2 aliphatic heterocycles. The van der Waals surface area contributed by atoms with Gasteiger partial charge in [-0.1, -0.05) is 42.5 Å². The van der Waals surface area contributed by atoms with Crippen molar-refractivity contribution in [1.29, 1.82) is 0 Å². The van der Waals surface area contributed by atoms with E-state index in [1.807, 2.05) is 47.4 Å². The predicted molar refractivity (Wildman–Crippen MR) is 103 cm³/mol. The van der Waals surface area contributed by atoms with E-state index >= 15 is 0 Å². The Morgan fingerprint density at radius 3 is 2.42 bits per heavy atom. The summed E-state index contributed by atoms with van der Waals surface area (Å²) >= 11 is 0. The molecule has 3 rings (SSSR count). The maximum Gasteiger partial charge on any atom is 0.281 e. The van der Waals surface area contributed by atoms with Gasteiger partial charge in [-0.05, 0) is 23.8 Å². The van der Waals surface area contributed by atoms with Crippen molar-refractivity contribution in [3.8, 4) is 0 Å². The molecule has 1 amide bonds. The first-order valence-electron chi connectivity index (χ1n) is 8.99. The van der Waals surface area contributed by atoms with Gasteiger partial charge in [0.2, 0.25) is 5.91 Å². The number of piperidine rings is 1. The van der Waals surface area contributed by atoms with Gasteiger partial charge >= 0.3 is 0 Å². The van der Waals surface area contributed by atoms with Gasteiger partial charge in [-0.15, -0.1) is 0 Å². The van der Waals surface area contributed by atoms with Crippen molar-refractivity contribution in [3.05, 3.63) is 42.0 Å². The normalized spacial score (nSPS) is 21.3. The number of benzene rings is 1. The summed E-state index contributed by atoms with van der Waals surface area (Å²) in [6, 6.07) is 10.0. The molecule has 26 heavy (non-hydrogen) atoms. The molecular weight excluding hydrogens is 350 g/mol. The van der Waals surface area contributed by atoms with Crippen LogP contribution in [-0.2, 0) is 15.0 Å². The van der Waals surface area contributed by atoms with Crippen molar-refractivity contribution >= 4 is 22.2 Å². The molecule has 0 unspecified atom stereocenters. The molecule has 0 aliphatic carbocycles. The monoisotopic (exact) mass is 377 g/mol. The Morgan fingerprint density at radius 2 is 1.81 bits per heavy atom. The summed E-state index contributed by atoms with van der Waals surface area (Å²) in [7, 11) is -0.251. The molecule has 0 saturated carbocycles. The molecule has 1 spiro atoms. The molecule has 6 nitrogen and oxygen atoms in total. The number of nitrogens with zero attached hydrogens (tertiary/aromatic N) is 3.